The fourth-order valence-corrected chi connectivity index (χ4v) is 7.65. The maximum absolute atomic E-state index is 13.8. The maximum atomic E-state index is 13.8. The molecule has 0 spiro atoms. The van der Waals surface area contributed by atoms with Crippen LogP contribution in [0.5, 0.6) is 23.0 Å². The summed E-state index contributed by atoms with van der Waals surface area (Å²) < 4.78 is 23.9. The standard InChI is InChI=1S/C42H38N6O6/c1-51-37-15-32-35(44-19-30-13-25-7-3-4-8-26(25)21-47(30)41(32)49)17-39(37)53-23-28-10-5-11-29(46-28)24-54-40-18-36-33(16-38(40)52-2)42(50)48-22-27-9-6-12-43-34(27)14-31(48)20-45-36/h3-12,15-20,30-31,41,49H,13-14,21-24H2,1-2H3/t30-,31+,41?/m0/s1. The average Bonchev–Trinajstić information content (AvgIpc) is 3.42. The van der Waals surface area contributed by atoms with Crippen molar-refractivity contribution in [1.82, 2.24) is 19.8 Å². The van der Waals surface area contributed by atoms with Crippen LogP contribution in [0.3, 0.4) is 0 Å². The van der Waals surface area contributed by atoms with Crippen molar-refractivity contribution < 1.29 is 28.8 Å². The summed E-state index contributed by atoms with van der Waals surface area (Å²) in [5, 5.41) is 11.5. The second kappa shape index (κ2) is 14.0. The number of fused-ring (bicyclic) bond motifs is 6. The van der Waals surface area contributed by atoms with E-state index < -0.39 is 6.23 Å². The van der Waals surface area contributed by atoms with Gasteiger partial charge in [0.05, 0.1) is 54.6 Å². The number of aromatic nitrogens is 2. The smallest absolute Gasteiger partial charge is 0.257 e. The van der Waals surface area contributed by atoms with Crippen LogP contribution in [-0.2, 0) is 39.1 Å². The van der Waals surface area contributed by atoms with Crippen LogP contribution < -0.4 is 18.9 Å². The van der Waals surface area contributed by atoms with E-state index >= 15 is 0 Å². The van der Waals surface area contributed by atoms with Gasteiger partial charge in [-0.05, 0) is 53.4 Å². The van der Waals surface area contributed by atoms with E-state index in [1.165, 1.54) is 11.1 Å². The number of ether oxygens (including phenoxy) is 4. The van der Waals surface area contributed by atoms with Crippen molar-refractivity contribution in [1.29, 1.82) is 0 Å². The van der Waals surface area contributed by atoms with Gasteiger partial charge in [-0.3, -0.25) is 29.6 Å². The third kappa shape index (κ3) is 6.22. The van der Waals surface area contributed by atoms with Crippen molar-refractivity contribution in [2.45, 2.75) is 57.5 Å². The summed E-state index contributed by atoms with van der Waals surface area (Å²) in [6.07, 6.45) is 6.04. The third-order valence-corrected chi connectivity index (χ3v) is 10.5. The Bertz CT molecular complexity index is 2330. The Balaban J connectivity index is 0.895. The van der Waals surface area contributed by atoms with E-state index in [-0.39, 0.29) is 31.2 Å². The number of aliphatic hydroxyl groups is 1. The minimum Gasteiger partial charge on any atom is -0.493 e. The zero-order valence-electron chi connectivity index (χ0n) is 29.9. The van der Waals surface area contributed by atoms with E-state index in [9.17, 15) is 9.90 Å². The van der Waals surface area contributed by atoms with Crippen LogP contribution in [-0.4, -0.2) is 69.5 Å². The summed E-state index contributed by atoms with van der Waals surface area (Å²) in [6.45, 7) is 1.40. The normalized spacial score (nSPS) is 19.6. The van der Waals surface area contributed by atoms with Crippen molar-refractivity contribution >= 4 is 29.7 Å². The van der Waals surface area contributed by atoms with Gasteiger partial charge in [0.1, 0.15) is 19.4 Å². The molecule has 12 nitrogen and oxygen atoms in total. The first kappa shape index (κ1) is 33.7. The Hall–Kier alpha value is -6.11. The fourth-order valence-electron chi connectivity index (χ4n) is 7.65. The number of benzene rings is 3. The van der Waals surface area contributed by atoms with Crippen molar-refractivity contribution in [2.24, 2.45) is 9.98 Å². The van der Waals surface area contributed by atoms with Gasteiger partial charge in [-0.1, -0.05) is 36.4 Å². The molecule has 54 heavy (non-hydrogen) atoms. The maximum Gasteiger partial charge on any atom is 0.257 e. The Labute approximate surface area is 312 Å². The molecule has 5 aromatic rings. The first-order valence-corrected chi connectivity index (χ1v) is 17.9. The number of amides is 1. The summed E-state index contributed by atoms with van der Waals surface area (Å²) in [5.41, 5.74) is 8.13. The van der Waals surface area contributed by atoms with E-state index in [1.807, 2.05) is 65.9 Å². The molecule has 1 unspecified atom stereocenters. The highest BCUT2D eigenvalue weighted by atomic mass is 16.5. The lowest BCUT2D eigenvalue weighted by Gasteiger charge is -2.37. The molecule has 12 heteroatoms. The topological polar surface area (TPSA) is 131 Å². The number of aliphatic hydroxyl groups excluding tert-OH is 1. The molecule has 0 saturated heterocycles. The first-order chi connectivity index (χ1) is 26.4. The highest BCUT2D eigenvalue weighted by Crippen LogP contribution is 2.43. The van der Waals surface area contributed by atoms with E-state index in [0.717, 1.165) is 17.7 Å². The van der Waals surface area contributed by atoms with Crippen LogP contribution in [0, 0.1) is 0 Å². The molecule has 1 amide bonds. The molecule has 9 rings (SSSR count). The lowest BCUT2D eigenvalue weighted by Crippen LogP contribution is -2.44. The number of pyridine rings is 2. The van der Waals surface area contributed by atoms with Gasteiger partial charge in [-0.25, -0.2) is 0 Å². The van der Waals surface area contributed by atoms with Crippen LogP contribution >= 0.6 is 0 Å². The lowest BCUT2D eigenvalue weighted by molar-refractivity contribution is -0.0197. The summed E-state index contributed by atoms with van der Waals surface area (Å²) >= 11 is 0. The number of hydrogen-bond donors (Lipinski definition) is 1. The van der Waals surface area contributed by atoms with Gasteiger partial charge in [-0.15, -0.1) is 0 Å². The zero-order valence-corrected chi connectivity index (χ0v) is 29.9. The van der Waals surface area contributed by atoms with Gasteiger partial charge in [0, 0.05) is 61.5 Å². The Kier molecular flexibility index (Phi) is 8.76. The van der Waals surface area contributed by atoms with Gasteiger partial charge in [0.2, 0.25) is 0 Å². The zero-order chi connectivity index (χ0) is 36.8. The highest BCUT2D eigenvalue weighted by Gasteiger charge is 2.35. The predicted molar refractivity (Wildman–Crippen MR) is 201 cm³/mol. The number of methoxy groups -OCH3 is 2. The molecule has 0 saturated carbocycles. The molecule has 3 atom stereocenters. The molecule has 0 bridgehead atoms. The molecule has 0 fully saturated rings. The number of rotatable bonds is 8. The number of carbonyl (C=O) groups excluding carboxylic acids is 1. The highest BCUT2D eigenvalue weighted by molar-refractivity contribution is 6.03. The number of carbonyl (C=O) groups is 1. The Morgan fingerprint density at radius 3 is 2.19 bits per heavy atom. The lowest BCUT2D eigenvalue weighted by atomic mass is 9.94. The van der Waals surface area contributed by atoms with Gasteiger partial charge < -0.3 is 29.0 Å². The van der Waals surface area contributed by atoms with Crippen molar-refractivity contribution in [3.63, 3.8) is 0 Å². The summed E-state index contributed by atoms with van der Waals surface area (Å²) in [4.78, 5) is 36.4. The number of nitrogens with zero attached hydrogens (tertiary/aromatic N) is 6. The molecule has 0 aliphatic carbocycles. The molecule has 272 valence electrons. The first-order valence-electron chi connectivity index (χ1n) is 17.9. The Morgan fingerprint density at radius 2 is 1.41 bits per heavy atom. The van der Waals surface area contributed by atoms with E-state index in [4.69, 9.17) is 33.9 Å². The minimum atomic E-state index is -0.856. The van der Waals surface area contributed by atoms with Crippen LogP contribution in [0.2, 0.25) is 0 Å². The summed E-state index contributed by atoms with van der Waals surface area (Å²) in [5.74, 6) is 1.75. The van der Waals surface area contributed by atoms with Gasteiger partial charge in [0.15, 0.2) is 23.0 Å². The molecule has 0 radical (unpaired) electrons. The van der Waals surface area contributed by atoms with Crippen LogP contribution in [0.15, 0.2) is 95.0 Å². The van der Waals surface area contributed by atoms with E-state index in [2.05, 4.69) is 22.0 Å². The quantitative estimate of drug-likeness (QED) is 0.203. The third-order valence-electron chi connectivity index (χ3n) is 10.5. The van der Waals surface area contributed by atoms with Crippen molar-refractivity contribution in [3.8, 4) is 23.0 Å². The van der Waals surface area contributed by atoms with Crippen molar-refractivity contribution in [2.75, 3.05) is 14.2 Å². The minimum absolute atomic E-state index is 0.0358. The average molecular weight is 723 g/mol. The second-order valence-corrected chi connectivity index (χ2v) is 13.7. The SMILES string of the molecule is COc1cc2c(cc1OCc1cccc(COc3cc4c(cc3OC)C(O)N3Cc5ccccc5C[C@H]3C=N4)n1)N=C[C@H]1Cc3ncccc3CN1C2=O. The van der Waals surface area contributed by atoms with Crippen LogP contribution in [0.1, 0.15) is 55.9 Å². The van der Waals surface area contributed by atoms with Gasteiger partial charge >= 0.3 is 0 Å². The van der Waals surface area contributed by atoms with Crippen molar-refractivity contribution in [3.05, 3.63) is 130 Å². The molecule has 3 aromatic carbocycles. The molecular weight excluding hydrogens is 684 g/mol. The molecule has 4 aliphatic heterocycles. The van der Waals surface area contributed by atoms with E-state index in [0.29, 0.717) is 76.4 Å². The second-order valence-electron chi connectivity index (χ2n) is 13.7. The Morgan fingerprint density at radius 1 is 0.722 bits per heavy atom. The largest absolute Gasteiger partial charge is 0.493 e. The van der Waals surface area contributed by atoms with Gasteiger partial charge in [0.25, 0.3) is 5.91 Å². The van der Waals surface area contributed by atoms with Crippen LogP contribution in [0.4, 0.5) is 11.4 Å². The molecule has 6 heterocycles. The molecule has 4 aliphatic rings. The van der Waals surface area contributed by atoms with Crippen LogP contribution in [0.25, 0.3) is 0 Å². The summed E-state index contributed by atoms with van der Waals surface area (Å²) in [6, 6.07) is 24.7. The summed E-state index contributed by atoms with van der Waals surface area (Å²) in [7, 11) is 3.13. The fraction of sp³-hybridized carbons (Fsp3) is 0.262. The van der Waals surface area contributed by atoms with E-state index in [1.54, 1.807) is 38.6 Å². The van der Waals surface area contributed by atoms with Gasteiger partial charge in [-0.2, -0.15) is 0 Å². The predicted octanol–water partition coefficient (Wildman–Crippen LogP) is 6.07. The molecule has 2 aromatic heterocycles. The number of aliphatic imine (C=N–C) groups is 2. The number of hydrogen-bond acceptors (Lipinski definition) is 11. The molecule has 1 N–H and O–H groups in total. The monoisotopic (exact) mass is 722 g/mol. The molecular formula is C42H38N6O6.